The summed E-state index contributed by atoms with van der Waals surface area (Å²) in [4.78, 5) is 16.2. The monoisotopic (exact) mass is 281 g/mol. The maximum atomic E-state index is 12.1. The van der Waals surface area contributed by atoms with Crippen molar-refractivity contribution in [2.75, 3.05) is 30.4 Å². The largest absolute Gasteiger partial charge is 0.368 e. The summed E-state index contributed by atoms with van der Waals surface area (Å²) in [7, 11) is 2.08. The first-order chi connectivity index (χ1) is 10.2. The summed E-state index contributed by atoms with van der Waals surface area (Å²) in [5.41, 5.74) is 2.02. The van der Waals surface area contributed by atoms with E-state index >= 15 is 0 Å². The number of urea groups is 1. The number of likely N-dealkylation sites (tertiary alicyclic amines) is 1. The third kappa shape index (κ3) is 2.99. The molecule has 1 saturated heterocycles. The molecule has 0 atom stereocenters. The molecule has 1 aliphatic rings. The molecule has 0 aliphatic carbocycles. The second kappa shape index (κ2) is 5.87. The molecule has 4 nitrogen and oxygen atoms in total. The Morgan fingerprint density at radius 2 is 1.62 bits per heavy atom. The molecule has 2 aromatic carbocycles. The first-order valence-electron chi connectivity index (χ1n) is 7.13. The second-order valence-electron chi connectivity index (χ2n) is 5.30. The molecule has 4 heteroatoms. The van der Waals surface area contributed by atoms with Crippen LogP contribution in [0.25, 0.3) is 0 Å². The predicted octanol–water partition coefficient (Wildman–Crippen LogP) is 3.04. The van der Waals surface area contributed by atoms with Gasteiger partial charge in [-0.05, 0) is 24.3 Å². The number of hydrogen-bond acceptors (Lipinski definition) is 2. The van der Waals surface area contributed by atoms with E-state index in [2.05, 4.69) is 29.4 Å². The second-order valence-corrected chi connectivity index (χ2v) is 5.30. The van der Waals surface area contributed by atoms with E-state index in [-0.39, 0.29) is 6.03 Å². The van der Waals surface area contributed by atoms with Crippen LogP contribution in [-0.2, 0) is 0 Å². The van der Waals surface area contributed by atoms with E-state index in [0.29, 0.717) is 6.04 Å². The zero-order chi connectivity index (χ0) is 14.7. The molecule has 108 valence electrons. The quantitative estimate of drug-likeness (QED) is 0.938. The van der Waals surface area contributed by atoms with Gasteiger partial charge in [0.15, 0.2) is 0 Å². The van der Waals surface area contributed by atoms with Crippen molar-refractivity contribution < 1.29 is 4.79 Å². The number of para-hydroxylation sites is 2. The molecule has 2 amide bonds. The van der Waals surface area contributed by atoms with Crippen LogP contribution >= 0.6 is 0 Å². The zero-order valence-electron chi connectivity index (χ0n) is 12.1. The summed E-state index contributed by atoms with van der Waals surface area (Å²) in [5.74, 6) is 0. The summed E-state index contributed by atoms with van der Waals surface area (Å²) >= 11 is 0. The summed E-state index contributed by atoms with van der Waals surface area (Å²) in [6, 6.07) is 20.2. The SMILES string of the molecule is CN(c1ccccc1)C1CN(C(=O)Nc2ccccc2)C1. The number of likely N-dealkylation sites (N-methyl/N-ethyl adjacent to an activating group) is 1. The van der Waals surface area contributed by atoms with Gasteiger partial charge in [0, 0.05) is 31.5 Å². The minimum atomic E-state index is -0.0288. The fourth-order valence-electron chi connectivity index (χ4n) is 2.46. The molecule has 0 unspecified atom stereocenters. The van der Waals surface area contributed by atoms with E-state index in [9.17, 15) is 4.79 Å². The van der Waals surface area contributed by atoms with Crippen LogP contribution in [-0.4, -0.2) is 37.1 Å². The van der Waals surface area contributed by atoms with Crippen LogP contribution in [0.1, 0.15) is 0 Å². The summed E-state index contributed by atoms with van der Waals surface area (Å²) in [5, 5.41) is 2.91. The normalized spacial score (nSPS) is 14.4. The van der Waals surface area contributed by atoms with Crippen LogP contribution in [0.2, 0.25) is 0 Å². The van der Waals surface area contributed by atoms with Crippen LogP contribution < -0.4 is 10.2 Å². The van der Waals surface area contributed by atoms with E-state index in [1.807, 2.05) is 53.4 Å². The standard InChI is InChI=1S/C17H19N3O/c1-19(15-10-6-3-7-11-15)16-12-20(13-16)17(21)18-14-8-4-2-5-9-14/h2-11,16H,12-13H2,1H3,(H,18,21). The lowest BCUT2D eigenvalue weighted by molar-refractivity contribution is 0.163. The maximum absolute atomic E-state index is 12.1. The smallest absolute Gasteiger partial charge is 0.321 e. The summed E-state index contributed by atoms with van der Waals surface area (Å²) in [6.45, 7) is 1.51. The Balaban J connectivity index is 1.52. The average Bonchev–Trinajstić information content (AvgIpc) is 2.47. The third-order valence-corrected chi connectivity index (χ3v) is 3.89. The first-order valence-corrected chi connectivity index (χ1v) is 7.13. The van der Waals surface area contributed by atoms with Crippen molar-refractivity contribution in [2.45, 2.75) is 6.04 Å². The van der Waals surface area contributed by atoms with Gasteiger partial charge in [-0.15, -0.1) is 0 Å². The van der Waals surface area contributed by atoms with Gasteiger partial charge in [0.25, 0.3) is 0 Å². The minimum absolute atomic E-state index is 0.0288. The van der Waals surface area contributed by atoms with Crippen molar-refractivity contribution >= 4 is 17.4 Å². The van der Waals surface area contributed by atoms with Crippen molar-refractivity contribution in [1.82, 2.24) is 4.90 Å². The Hall–Kier alpha value is -2.49. The van der Waals surface area contributed by atoms with Gasteiger partial charge in [-0.2, -0.15) is 0 Å². The molecule has 1 N–H and O–H groups in total. The van der Waals surface area contributed by atoms with Crippen LogP contribution in [0.4, 0.5) is 16.2 Å². The number of amides is 2. The number of nitrogens with zero attached hydrogens (tertiary/aromatic N) is 2. The summed E-state index contributed by atoms with van der Waals surface area (Å²) in [6.07, 6.45) is 0. The number of hydrogen-bond donors (Lipinski definition) is 1. The van der Waals surface area contributed by atoms with Crippen molar-refractivity contribution in [3.8, 4) is 0 Å². The van der Waals surface area contributed by atoms with E-state index in [1.54, 1.807) is 0 Å². The Kier molecular flexibility index (Phi) is 3.77. The molecule has 1 aliphatic heterocycles. The van der Waals surface area contributed by atoms with Crippen molar-refractivity contribution in [3.05, 3.63) is 60.7 Å². The molecule has 0 spiro atoms. The van der Waals surface area contributed by atoms with Gasteiger partial charge in [0.1, 0.15) is 0 Å². The number of anilines is 2. The molecular weight excluding hydrogens is 262 g/mol. The lowest BCUT2D eigenvalue weighted by Crippen LogP contribution is -2.61. The van der Waals surface area contributed by atoms with Gasteiger partial charge >= 0.3 is 6.03 Å². The Morgan fingerprint density at radius 3 is 2.24 bits per heavy atom. The number of nitrogens with one attached hydrogen (secondary N) is 1. The highest BCUT2D eigenvalue weighted by Crippen LogP contribution is 2.21. The van der Waals surface area contributed by atoms with Gasteiger partial charge in [-0.25, -0.2) is 4.79 Å². The van der Waals surface area contributed by atoms with Crippen LogP contribution in [0.5, 0.6) is 0 Å². The molecular formula is C17H19N3O. The molecule has 0 radical (unpaired) electrons. The fourth-order valence-corrected chi connectivity index (χ4v) is 2.46. The average molecular weight is 281 g/mol. The number of carbonyl (C=O) groups excluding carboxylic acids is 1. The van der Waals surface area contributed by atoms with Gasteiger partial charge in [0.2, 0.25) is 0 Å². The van der Waals surface area contributed by atoms with Crippen molar-refractivity contribution in [3.63, 3.8) is 0 Å². The van der Waals surface area contributed by atoms with Gasteiger partial charge in [-0.3, -0.25) is 0 Å². The number of rotatable bonds is 3. The molecule has 3 rings (SSSR count). The fraction of sp³-hybridized carbons (Fsp3) is 0.235. The summed E-state index contributed by atoms with van der Waals surface area (Å²) < 4.78 is 0. The highest BCUT2D eigenvalue weighted by Gasteiger charge is 2.33. The van der Waals surface area contributed by atoms with Crippen molar-refractivity contribution in [2.24, 2.45) is 0 Å². The van der Waals surface area contributed by atoms with E-state index in [1.165, 1.54) is 5.69 Å². The predicted molar refractivity (Wildman–Crippen MR) is 85.7 cm³/mol. The van der Waals surface area contributed by atoms with Gasteiger partial charge < -0.3 is 15.1 Å². The van der Waals surface area contributed by atoms with Crippen LogP contribution in [0.3, 0.4) is 0 Å². The molecule has 1 fully saturated rings. The molecule has 0 bridgehead atoms. The van der Waals surface area contributed by atoms with E-state index in [0.717, 1.165) is 18.8 Å². The molecule has 0 saturated carbocycles. The first kappa shape index (κ1) is 13.5. The van der Waals surface area contributed by atoms with E-state index < -0.39 is 0 Å². The lowest BCUT2D eigenvalue weighted by atomic mass is 10.1. The number of benzene rings is 2. The van der Waals surface area contributed by atoms with E-state index in [4.69, 9.17) is 0 Å². The van der Waals surface area contributed by atoms with Crippen LogP contribution in [0.15, 0.2) is 60.7 Å². The minimum Gasteiger partial charge on any atom is -0.368 e. The highest BCUT2D eigenvalue weighted by atomic mass is 16.2. The topological polar surface area (TPSA) is 35.6 Å². The molecule has 1 heterocycles. The zero-order valence-corrected chi connectivity index (χ0v) is 12.1. The molecule has 21 heavy (non-hydrogen) atoms. The van der Waals surface area contributed by atoms with Gasteiger partial charge in [-0.1, -0.05) is 36.4 Å². The van der Waals surface area contributed by atoms with Gasteiger partial charge in [0.05, 0.1) is 6.04 Å². The Morgan fingerprint density at radius 1 is 1.05 bits per heavy atom. The highest BCUT2D eigenvalue weighted by molar-refractivity contribution is 5.90. The number of carbonyl (C=O) groups is 1. The Bertz CT molecular complexity index is 594. The maximum Gasteiger partial charge on any atom is 0.321 e. The van der Waals surface area contributed by atoms with Crippen LogP contribution in [0, 0.1) is 0 Å². The Labute approximate surface area is 125 Å². The van der Waals surface area contributed by atoms with Crippen molar-refractivity contribution in [1.29, 1.82) is 0 Å². The molecule has 0 aromatic heterocycles. The molecule has 2 aromatic rings. The third-order valence-electron chi connectivity index (χ3n) is 3.89. The lowest BCUT2D eigenvalue weighted by Gasteiger charge is -2.44.